The van der Waals surface area contributed by atoms with E-state index in [4.69, 9.17) is 18.9 Å². The lowest BCUT2D eigenvalue weighted by atomic mass is 9.78. The van der Waals surface area contributed by atoms with Crippen LogP contribution in [0.3, 0.4) is 0 Å². The minimum absolute atomic E-state index is 0.0615. The average molecular weight is 430 g/mol. The molecule has 2 unspecified atom stereocenters. The number of methoxy groups -OCH3 is 1. The van der Waals surface area contributed by atoms with Crippen LogP contribution in [0.2, 0.25) is 0 Å². The Morgan fingerprint density at radius 3 is 2.71 bits per heavy atom. The lowest BCUT2D eigenvalue weighted by molar-refractivity contribution is -0.177. The van der Waals surface area contributed by atoms with Gasteiger partial charge in [-0.3, -0.25) is 4.79 Å². The molecule has 8 heteroatoms. The van der Waals surface area contributed by atoms with Crippen molar-refractivity contribution in [2.75, 3.05) is 7.11 Å². The van der Waals surface area contributed by atoms with Crippen LogP contribution in [0, 0.1) is 11.8 Å². The van der Waals surface area contributed by atoms with Gasteiger partial charge in [-0.2, -0.15) is 0 Å². The fourth-order valence-electron chi connectivity index (χ4n) is 4.81. The number of ether oxygens (including phenoxy) is 4. The number of allylic oxidation sites excluding steroid dienone is 1. The van der Waals surface area contributed by atoms with E-state index in [0.717, 1.165) is 0 Å². The number of aliphatic hydroxyl groups excluding tert-OH is 1. The van der Waals surface area contributed by atoms with Crippen LogP contribution in [-0.2, 0) is 20.6 Å². The predicted molar refractivity (Wildman–Crippen MR) is 108 cm³/mol. The molecule has 166 valence electrons. The molecular formula is C23H26O8. The lowest BCUT2D eigenvalue weighted by Gasteiger charge is -2.35. The third kappa shape index (κ3) is 3.21. The van der Waals surface area contributed by atoms with Crippen molar-refractivity contribution in [1.29, 1.82) is 0 Å². The summed E-state index contributed by atoms with van der Waals surface area (Å²) in [4.78, 5) is 13.4. The Bertz CT molecular complexity index is 1000. The van der Waals surface area contributed by atoms with Crippen molar-refractivity contribution < 1.29 is 39.1 Å². The predicted octanol–water partition coefficient (Wildman–Crippen LogP) is 2.73. The fraction of sp³-hybridized carbons (Fsp3) is 0.522. The van der Waals surface area contributed by atoms with Gasteiger partial charge in [0.15, 0.2) is 12.1 Å². The number of phenols is 1. The first-order valence-electron chi connectivity index (χ1n) is 10.5. The van der Waals surface area contributed by atoms with Crippen LogP contribution in [-0.4, -0.2) is 52.5 Å². The number of benzene rings is 1. The van der Waals surface area contributed by atoms with Gasteiger partial charge in [-0.25, -0.2) is 0 Å². The summed E-state index contributed by atoms with van der Waals surface area (Å²) in [6, 6.07) is 3.15. The highest BCUT2D eigenvalue weighted by Crippen LogP contribution is 2.51. The number of aryl methyl sites for hydroxylation is 1. The number of hydrogen-bond acceptors (Lipinski definition) is 8. The second-order valence-electron chi connectivity index (χ2n) is 9.14. The minimum atomic E-state index is -0.967. The van der Waals surface area contributed by atoms with Gasteiger partial charge in [-0.1, -0.05) is 6.07 Å². The number of carbonyl (C=O) groups excluding carboxylic acids is 1. The third-order valence-electron chi connectivity index (χ3n) is 6.42. The molecule has 0 saturated carbocycles. The van der Waals surface area contributed by atoms with Crippen LogP contribution < -0.4 is 4.74 Å². The largest absolute Gasteiger partial charge is 0.511 e. The number of phenolic OH excluding ortho intramolecular Hbond substituents is 1. The van der Waals surface area contributed by atoms with Crippen LogP contribution in [0.5, 0.6) is 11.5 Å². The number of aromatic hydroxyl groups is 1. The molecule has 0 aromatic heterocycles. The van der Waals surface area contributed by atoms with Gasteiger partial charge in [0.1, 0.15) is 40.6 Å². The molecule has 1 aliphatic carbocycles. The van der Waals surface area contributed by atoms with Crippen molar-refractivity contribution in [3.05, 3.63) is 46.4 Å². The maximum absolute atomic E-state index is 13.4. The zero-order valence-electron chi connectivity index (χ0n) is 17.6. The number of rotatable bonds is 4. The molecule has 0 bridgehead atoms. The normalized spacial score (nSPS) is 31.3. The Morgan fingerprint density at radius 1 is 1.23 bits per heavy atom. The van der Waals surface area contributed by atoms with Crippen LogP contribution in [0.25, 0.3) is 0 Å². The molecule has 5 rings (SSSR count). The highest BCUT2D eigenvalue weighted by Gasteiger charge is 2.54. The molecule has 3 heterocycles. The van der Waals surface area contributed by atoms with E-state index in [-0.39, 0.29) is 28.7 Å². The van der Waals surface area contributed by atoms with E-state index in [2.05, 4.69) is 0 Å². The number of fused-ring (bicyclic) bond motifs is 5. The Morgan fingerprint density at radius 2 is 2.00 bits per heavy atom. The Kier molecular flexibility index (Phi) is 4.58. The van der Waals surface area contributed by atoms with Gasteiger partial charge >= 0.3 is 0 Å². The van der Waals surface area contributed by atoms with Crippen molar-refractivity contribution in [2.45, 2.75) is 57.4 Å². The van der Waals surface area contributed by atoms with Gasteiger partial charge in [-0.15, -0.1) is 0 Å². The van der Waals surface area contributed by atoms with Gasteiger partial charge < -0.3 is 34.3 Å². The zero-order valence-corrected chi connectivity index (χ0v) is 17.6. The second kappa shape index (κ2) is 6.98. The maximum Gasteiger partial charge on any atom is 0.209 e. The first-order chi connectivity index (χ1) is 14.7. The molecule has 8 nitrogen and oxygen atoms in total. The van der Waals surface area contributed by atoms with Gasteiger partial charge in [0.25, 0.3) is 0 Å². The second-order valence-corrected chi connectivity index (χ2v) is 9.14. The summed E-state index contributed by atoms with van der Waals surface area (Å²) in [7, 11) is 1.54. The minimum Gasteiger partial charge on any atom is -0.511 e. The number of aliphatic hydroxyl groups is 2. The summed E-state index contributed by atoms with van der Waals surface area (Å²) in [5, 5.41) is 31.6. The van der Waals surface area contributed by atoms with E-state index >= 15 is 0 Å². The smallest absolute Gasteiger partial charge is 0.209 e. The lowest BCUT2D eigenvalue weighted by Crippen LogP contribution is -2.41. The van der Waals surface area contributed by atoms with E-state index in [0.29, 0.717) is 36.2 Å². The molecule has 0 spiro atoms. The summed E-state index contributed by atoms with van der Waals surface area (Å²) in [6.07, 6.45) is 1.35. The topological polar surface area (TPSA) is 115 Å². The molecular weight excluding hydrogens is 404 g/mol. The van der Waals surface area contributed by atoms with Crippen LogP contribution in [0.4, 0.5) is 0 Å². The maximum atomic E-state index is 13.4. The summed E-state index contributed by atoms with van der Waals surface area (Å²) in [5.74, 6) is -1.16. The summed E-state index contributed by atoms with van der Waals surface area (Å²) in [6.45, 7) is 3.42. The number of hydrogen-bond donors (Lipinski definition) is 3. The van der Waals surface area contributed by atoms with Crippen molar-refractivity contribution >= 4 is 5.78 Å². The molecule has 5 atom stereocenters. The molecule has 0 radical (unpaired) electrons. The number of ketones is 1. The molecule has 4 aliphatic rings. The van der Waals surface area contributed by atoms with E-state index in [1.165, 1.54) is 6.07 Å². The molecule has 3 N–H and O–H groups in total. The van der Waals surface area contributed by atoms with Crippen molar-refractivity contribution in [3.63, 3.8) is 0 Å². The first kappa shape index (κ1) is 20.4. The SMILES string of the molecule is CO[C@@H]1C[C@H]2C3=C(O)C4C(=O)c5c(O)ccc(CCC(C)(C)O)c5OC4C=C3O[C@H]2O1. The highest BCUT2D eigenvalue weighted by molar-refractivity contribution is 6.06. The van der Waals surface area contributed by atoms with Gasteiger partial charge in [-0.05, 0) is 44.4 Å². The van der Waals surface area contributed by atoms with E-state index in [1.807, 2.05) is 0 Å². The molecule has 31 heavy (non-hydrogen) atoms. The van der Waals surface area contributed by atoms with Gasteiger partial charge in [0.2, 0.25) is 6.29 Å². The fourth-order valence-corrected chi connectivity index (χ4v) is 4.81. The van der Waals surface area contributed by atoms with Gasteiger partial charge in [0, 0.05) is 19.1 Å². The quantitative estimate of drug-likeness (QED) is 0.668. The molecule has 1 aromatic carbocycles. The van der Waals surface area contributed by atoms with Gasteiger partial charge in [0.05, 0.1) is 11.5 Å². The number of carbonyl (C=O) groups is 1. The van der Waals surface area contributed by atoms with E-state index < -0.39 is 36.0 Å². The van der Waals surface area contributed by atoms with E-state index in [1.54, 1.807) is 33.1 Å². The van der Waals surface area contributed by atoms with E-state index in [9.17, 15) is 20.1 Å². The summed E-state index contributed by atoms with van der Waals surface area (Å²) >= 11 is 0. The molecule has 3 aliphatic heterocycles. The van der Waals surface area contributed by atoms with Crippen LogP contribution >= 0.6 is 0 Å². The Labute approximate surface area is 179 Å². The average Bonchev–Trinajstić information content (AvgIpc) is 3.23. The molecule has 1 aromatic rings. The van der Waals surface area contributed by atoms with Crippen LogP contribution in [0.15, 0.2) is 35.3 Å². The van der Waals surface area contributed by atoms with Crippen molar-refractivity contribution in [3.8, 4) is 11.5 Å². The standard InChI is InChI=1S/C23H26O8/c1-23(2,27)7-6-10-4-5-12(24)17-20(26)18-14(29-21(10)17)9-13-16(19(18)25)11-8-15(28-3)31-22(11)30-13/h4-5,9,11,14-15,18,22,24-25,27H,6-8H2,1-3H3/t11-,14?,15-,18?,22-/m0/s1. The zero-order chi connectivity index (χ0) is 22.1. The third-order valence-corrected chi connectivity index (χ3v) is 6.42. The number of Topliss-reactive ketones (excluding diaryl/α,β-unsaturated/α-hetero) is 1. The molecule has 2 fully saturated rings. The first-order valence-corrected chi connectivity index (χ1v) is 10.5. The summed E-state index contributed by atoms with van der Waals surface area (Å²) in [5.41, 5.74) is 0.435. The summed E-state index contributed by atoms with van der Waals surface area (Å²) < 4.78 is 23.0. The monoisotopic (exact) mass is 430 g/mol. The molecule has 2 saturated heterocycles. The van der Waals surface area contributed by atoms with Crippen molar-refractivity contribution in [1.82, 2.24) is 0 Å². The van der Waals surface area contributed by atoms with Crippen molar-refractivity contribution in [2.24, 2.45) is 11.8 Å². The Balaban J connectivity index is 1.52. The van der Waals surface area contributed by atoms with Crippen LogP contribution in [0.1, 0.15) is 42.6 Å². The molecule has 0 amide bonds. The Hall–Kier alpha value is -2.55. The highest BCUT2D eigenvalue weighted by atomic mass is 16.8.